The van der Waals surface area contributed by atoms with E-state index >= 15 is 0 Å². The molecule has 0 aliphatic carbocycles. The van der Waals surface area contributed by atoms with E-state index in [9.17, 15) is 14.4 Å². The summed E-state index contributed by atoms with van der Waals surface area (Å²) in [5, 5.41) is 16.3. The molecule has 10 heteroatoms. The number of aromatic nitrogens is 1. The number of halogens is 1. The third-order valence-electron chi connectivity index (χ3n) is 4.54. The second-order valence-corrected chi connectivity index (χ2v) is 7.95. The highest BCUT2D eigenvalue weighted by Crippen LogP contribution is 2.25. The molecule has 0 bridgehead atoms. The number of carboxylic acids is 2. The lowest BCUT2D eigenvalue weighted by molar-refractivity contribution is -0.134. The van der Waals surface area contributed by atoms with Crippen molar-refractivity contribution >= 4 is 29.4 Å². The summed E-state index contributed by atoms with van der Waals surface area (Å²) in [5.74, 6) is -2.14. The average molecular weight is 476 g/mol. The van der Waals surface area contributed by atoms with Gasteiger partial charge in [-0.2, -0.15) is 0 Å². The van der Waals surface area contributed by atoms with Crippen molar-refractivity contribution in [2.45, 2.75) is 19.1 Å². The van der Waals surface area contributed by atoms with E-state index in [0.29, 0.717) is 41.7 Å². The van der Waals surface area contributed by atoms with Gasteiger partial charge in [0.2, 0.25) is 5.88 Å². The van der Waals surface area contributed by atoms with Gasteiger partial charge in [-0.05, 0) is 50.3 Å². The largest absolute Gasteiger partial charge is 0.478 e. The van der Waals surface area contributed by atoms with Crippen molar-refractivity contribution in [1.29, 1.82) is 0 Å². The number of carbonyl (C=O) groups is 3. The number of hydrogen-bond acceptors (Lipinski definition) is 6. The van der Waals surface area contributed by atoms with Crippen LogP contribution >= 0.6 is 11.6 Å². The lowest BCUT2D eigenvalue weighted by Gasteiger charge is -2.25. The summed E-state index contributed by atoms with van der Waals surface area (Å²) in [5.41, 5.74) is 1.56. The van der Waals surface area contributed by atoms with Crippen molar-refractivity contribution in [2.24, 2.45) is 0 Å². The van der Waals surface area contributed by atoms with E-state index in [0.717, 1.165) is 18.5 Å². The molecule has 0 saturated heterocycles. The van der Waals surface area contributed by atoms with Crippen LogP contribution in [-0.2, 0) is 16.1 Å². The lowest BCUT2D eigenvalue weighted by Crippen LogP contribution is -2.37. The van der Waals surface area contributed by atoms with Crippen LogP contribution in [0.3, 0.4) is 0 Å². The first-order valence-electron chi connectivity index (χ1n) is 10.1. The molecule has 9 nitrogen and oxygen atoms in total. The molecule has 0 saturated carbocycles. The van der Waals surface area contributed by atoms with Crippen molar-refractivity contribution in [3.63, 3.8) is 0 Å². The number of ether oxygens (including phenoxy) is 1. The van der Waals surface area contributed by atoms with Crippen LogP contribution in [0, 0.1) is 0 Å². The number of carboxylic acid groups (broad SMARTS) is 2. The van der Waals surface area contributed by atoms with Gasteiger partial charge in [-0.1, -0.05) is 23.7 Å². The van der Waals surface area contributed by atoms with Gasteiger partial charge >= 0.3 is 11.9 Å². The van der Waals surface area contributed by atoms with Crippen LogP contribution in [0.1, 0.15) is 22.3 Å². The SMILES string of the molecule is CN(C)CCC1CN(Cc2ccc(Cl)cc2)C(=O)c2cccnc2O1.O=C(O)C=CC(=O)O. The molecular formula is C23H26ClN3O6. The van der Waals surface area contributed by atoms with Gasteiger partial charge in [0, 0.05) is 36.5 Å². The Morgan fingerprint density at radius 3 is 2.39 bits per heavy atom. The van der Waals surface area contributed by atoms with Gasteiger partial charge in [0.05, 0.1) is 6.54 Å². The van der Waals surface area contributed by atoms with Gasteiger partial charge in [-0.15, -0.1) is 0 Å². The molecule has 2 aromatic rings. The highest BCUT2D eigenvalue weighted by Gasteiger charge is 2.29. The first-order valence-corrected chi connectivity index (χ1v) is 10.5. The summed E-state index contributed by atoms with van der Waals surface area (Å²) in [7, 11) is 4.05. The lowest BCUT2D eigenvalue weighted by atomic mass is 10.1. The van der Waals surface area contributed by atoms with Crippen molar-refractivity contribution in [2.75, 3.05) is 27.2 Å². The molecule has 2 N–H and O–H groups in total. The number of nitrogens with zero attached hydrogens (tertiary/aromatic N) is 3. The normalized spacial score (nSPS) is 15.3. The zero-order valence-corrected chi connectivity index (χ0v) is 19.1. The van der Waals surface area contributed by atoms with Gasteiger partial charge in [0.1, 0.15) is 11.7 Å². The molecule has 176 valence electrons. The minimum Gasteiger partial charge on any atom is -0.478 e. The Balaban J connectivity index is 0.000000414. The molecule has 1 aliphatic heterocycles. The summed E-state index contributed by atoms with van der Waals surface area (Å²) in [6.07, 6.45) is 3.51. The Labute approximate surface area is 196 Å². The molecule has 2 heterocycles. The molecule has 0 spiro atoms. The maximum atomic E-state index is 13.0. The van der Waals surface area contributed by atoms with Crippen molar-refractivity contribution in [3.05, 3.63) is 70.9 Å². The fraction of sp³-hybridized carbons (Fsp3) is 0.304. The molecule has 1 aliphatic rings. The number of fused-ring (bicyclic) bond motifs is 1. The van der Waals surface area contributed by atoms with Gasteiger partial charge in [-0.3, -0.25) is 4.79 Å². The predicted octanol–water partition coefficient (Wildman–Crippen LogP) is 2.80. The van der Waals surface area contributed by atoms with Crippen molar-refractivity contribution in [3.8, 4) is 5.88 Å². The molecular weight excluding hydrogens is 450 g/mol. The number of amides is 1. The van der Waals surface area contributed by atoms with Crippen molar-refractivity contribution < 1.29 is 29.3 Å². The zero-order chi connectivity index (χ0) is 24.4. The number of carbonyl (C=O) groups excluding carboxylic acids is 1. The molecule has 1 aromatic heterocycles. The van der Waals surface area contributed by atoms with Crippen LogP contribution in [-0.4, -0.2) is 76.1 Å². The Bertz CT molecular complexity index is 978. The fourth-order valence-electron chi connectivity index (χ4n) is 2.98. The third-order valence-corrected chi connectivity index (χ3v) is 4.80. The second kappa shape index (κ2) is 12.6. The van der Waals surface area contributed by atoms with Crippen LogP contribution in [0.5, 0.6) is 5.88 Å². The van der Waals surface area contributed by atoms with E-state index in [1.54, 1.807) is 18.3 Å². The van der Waals surface area contributed by atoms with E-state index in [2.05, 4.69) is 9.88 Å². The minimum absolute atomic E-state index is 0.0506. The minimum atomic E-state index is -1.26. The molecule has 1 atom stereocenters. The van der Waals surface area contributed by atoms with Crippen LogP contribution in [0.25, 0.3) is 0 Å². The summed E-state index contributed by atoms with van der Waals surface area (Å²) >= 11 is 5.96. The number of rotatable bonds is 7. The number of hydrogen-bond donors (Lipinski definition) is 2. The summed E-state index contributed by atoms with van der Waals surface area (Å²) < 4.78 is 6.04. The Kier molecular flexibility index (Phi) is 9.84. The number of pyridine rings is 1. The maximum absolute atomic E-state index is 13.0. The van der Waals surface area contributed by atoms with E-state index in [1.165, 1.54) is 0 Å². The highest BCUT2D eigenvalue weighted by molar-refractivity contribution is 6.30. The molecule has 1 amide bonds. The van der Waals surface area contributed by atoms with Gasteiger partial charge in [0.15, 0.2) is 0 Å². The smallest absolute Gasteiger partial charge is 0.328 e. The molecule has 1 aromatic carbocycles. The summed E-state index contributed by atoms with van der Waals surface area (Å²) in [6, 6.07) is 11.1. The Hall–Kier alpha value is -3.43. The molecule has 0 radical (unpaired) electrons. The van der Waals surface area contributed by atoms with Crippen molar-refractivity contribution in [1.82, 2.24) is 14.8 Å². The monoisotopic (exact) mass is 475 g/mol. The topological polar surface area (TPSA) is 120 Å². The second-order valence-electron chi connectivity index (χ2n) is 7.51. The van der Waals surface area contributed by atoms with Gasteiger partial charge in [-0.25, -0.2) is 14.6 Å². The molecule has 0 fully saturated rings. The Morgan fingerprint density at radius 1 is 1.18 bits per heavy atom. The maximum Gasteiger partial charge on any atom is 0.328 e. The highest BCUT2D eigenvalue weighted by atomic mass is 35.5. The van der Waals surface area contributed by atoms with Gasteiger partial charge < -0.3 is 24.7 Å². The van der Waals surface area contributed by atoms with Gasteiger partial charge in [0.25, 0.3) is 5.91 Å². The molecule has 3 rings (SSSR count). The van der Waals surface area contributed by atoms with Crippen LogP contribution in [0.15, 0.2) is 54.7 Å². The van der Waals surface area contributed by atoms with Crippen LogP contribution < -0.4 is 4.74 Å². The average Bonchev–Trinajstić information content (AvgIpc) is 2.89. The van der Waals surface area contributed by atoms with E-state index < -0.39 is 11.9 Å². The predicted molar refractivity (Wildman–Crippen MR) is 122 cm³/mol. The first kappa shape index (κ1) is 25.8. The zero-order valence-electron chi connectivity index (χ0n) is 18.3. The molecule has 33 heavy (non-hydrogen) atoms. The van der Waals surface area contributed by atoms with Crippen LogP contribution in [0.4, 0.5) is 0 Å². The standard InChI is InChI=1S/C19H22ClN3O2.C4H4O4/c1-22(2)11-9-16-13-23(12-14-5-7-15(20)8-6-14)19(24)17-4-3-10-21-18(17)25-16;5-3(6)1-2-4(7)8/h3-8,10,16H,9,11-13H2,1-2H3;1-2H,(H,5,6)(H,7,8). The van der Waals surface area contributed by atoms with Crippen LogP contribution in [0.2, 0.25) is 5.02 Å². The number of benzene rings is 1. The third kappa shape index (κ3) is 8.91. The van der Waals surface area contributed by atoms with E-state index in [4.69, 9.17) is 26.6 Å². The first-order chi connectivity index (χ1) is 15.7. The summed E-state index contributed by atoms with van der Waals surface area (Å²) in [4.78, 5) is 40.3. The quantitative estimate of drug-likeness (QED) is 0.586. The summed E-state index contributed by atoms with van der Waals surface area (Å²) in [6.45, 7) is 1.94. The van der Waals surface area contributed by atoms with E-state index in [-0.39, 0.29) is 12.0 Å². The number of aliphatic carboxylic acids is 2. The fourth-order valence-corrected chi connectivity index (χ4v) is 3.11. The van der Waals surface area contributed by atoms with E-state index in [1.807, 2.05) is 43.3 Å². The Morgan fingerprint density at radius 2 is 1.82 bits per heavy atom. The molecule has 1 unspecified atom stereocenters.